The monoisotopic (exact) mass is 364 g/mol. The van der Waals surface area contributed by atoms with Gasteiger partial charge < -0.3 is 19.9 Å². The van der Waals surface area contributed by atoms with Gasteiger partial charge in [0.05, 0.1) is 25.3 Å². The minimum atomic E-state index is -1.12. The maximum Gasteiger partial charge on any atom is 0.334 e. The number of benzene rings is 1. The number of ether oxygens (including phenoxy) is 2. The Kier molecular flexibility index (Phi) is 6.91. The van der Waals surface area contributed by atoms with Crippen molar-refractivity contribution in [2.75, 3.05) is 20.3 Å². The Hall–Kier alpha value is -2.45. The Morgan fingerprint density at radius 1 is 1.32 bits per heavy atom. The van der Waals surface area contributed by atoms with E-state index in [1.807, 2.05) is 36.6 Å². The number of carboxylic acids is 1. The molecule has 0 aliphatic carbocycles. The van der Waals surface area contributed by atoms with Gasteiger partial charge in [0.1, 0.15) is 10.8 Å². The molecular formula is C17H20N2O5S. The highest BCUT2D eigenvalue weighted by Crippen LogP contribution is 2.25. The molecule has 1 aromatic heterocycles. The Balaban J connectivity index is 1.92. The van der Waals surface area contributed by atoms with E-state index in [0.29, 0.717) is 12.3 Å². The molecule has 0 aliphatic rings. The molecule has 2 N–H and O–H groups in total. The number of rotatable bonds is 9. The van der Waals surface area contributed by atoms with Gasteiger partial charge in [-0.1, -0.05) is 0 Å². The lowest BCUT2D eigenvalue weighted by Crippen LogP contribution is -2.38. The molecule has 1 unspecified atom stereocenters. The fraction of sp³-hybridized carbons (Fsp3) is 0.353. The maximum atomic E-state index is 11.9. The van der Waals surface area contributed by atoms with Crippen molar-refractivity contribution in [1.29, 1.82) is 0 Å². The van der Waals surface area contributed by atoms with Crippen LogP contribution in [0, 0.1) is 0 Å². The molecule has 1 aromatic carbocycles. The van der Waals surface area contributed by atoms with E-state index >= 15 is 0 Å². The predicted molar refractivity (Wildman–Crippen MR) is 93.9 cm³/mol. The van der Waals surface area contributed by atoms with Crippen LogP contribution in [-0.2, 0) is 20.7 Å². The molecule has 0 aliphatic heterocycles. The number of carbonyl (C=O) groups excluding carboxylic acids is 1. The molecule has 1 atom stereocenters. The van der Waals surface area contributed by atoms with E-state index in [4.69, 9.17) is 14.6 Å². The van der Waals surface area contributed by atoms with Crippen LogP contribution in [0.3, 0.4) is 0 Å². The van der Waals surface area contributed by atoms with Crippen LogP contribution in [0.15, 0.2) is 29.6 Å². The zero-order valence-electron chi connectivity index (χ0n) is 14.0. The zero-order chi connectivity index (χ0) is 18.2. The Labute approximate surface area is 149 Å². The van der Waals surface area contributed by atoms with E-state index in [0.717, 1.165) is 16.3 Å². The van der Waals surface area contributed by atoms with Crippen LogP contribution in [0.5, 0.6) is 5.75 Å². The van der Waals surface area contributed by atoms with Gasteiger partial charge in [-0.05, 0) is 31.2 Å². The first-order chi connectivity index (χ1) is 12.0. The molecule has 0 radical (unpaired) electrons. The molecule has 2 rings (SSSR count). The van der Waals surface area contributed by atoms with Crippen LogP contribution in [0.1, 0.15) is 12.6 Å². The van der Waals surface area contributed by atoms with Crippen molar-refractivity contribution < 1.29 is 24.2 Å². The second kappa shape index (κ2) is 9.14. The lowest BCUT2D eigenvalue weighted by Gasteiger charge is -2.10. The van der Waals surface area contributed by atoms with Gasteiger partial charge in [-0.25, -0.2) is 9.78 Å². The van der Waals surface area contributed by atoms with Gasteiger partial charge in [-0.3, -0.25) is 4.79 Å². The summed E-state index contributed by atoms with van der Waals surface area (Å²) in [4.78, 5) is 27.2. The van der Waals surface area contributed by atoms with Crippen LogP contribution in [0.25, 0.3) is 10.6 Å². The van der Waals surface area contributed by atoms with Gasteiger partial charge in [-0.2, -0.15) is 0 Å². The van der Waals surface area contributed by atoms with Crippen LogP contribution in [0.2, 0.25) is 0 Å². The summed E-state index contributed by atoms with van der Waals surface area (Å²) in [7, 11) is 1.29. The smallest absolute Gasteiger partial charge is 0.334 e. The third-order valence-electron chi connectivity index (χ3n) is 3.35. The maximum absolute atomic E-state index is 11.9. The highest BCUT2D eigenvalue weighted by molar-refractivity contribution is 7.13. The highest BCUT2D eigenvalue weighted by atomic mass is 32.1. The van der Waals surface area contributed by atoms with E-state index in [1.54, 1.807) is 0 Å². The molecular weight excluding hydrogens is 344 g/mol. The fourth-order valence-electron chi connectivity index (χ4n) is 2.09. The number of amides is 1. The van der Waals surface area contributed by atoms with E-state index in [1.165, 1.54) is 18.4 Å². The summed E-state index contributed by atoms with van der Waals surface area (Å²) in [6.45, 7) is 2.46. The van der Waals surface area contributed by atoms with Crippen LogP contribution >= 0.6 is 11.3 Å². The van der Waals surface area contributed by atoms with Crippen LogP contribution in [-0.4, -0.2) is 48.3 Å². The number of carboxylic acid groups (broad SMARTS) is 1. The van der Waals surface area contributed by atoms with Crippen molar-refractivity contribution in [3.63, 3.8) is 0 Å². The molecule has 25 heavy (non-hydrogen) atoms. The van der Waals surface area contributed by atoms with Crippen molar-refractivity contribution in [2.24, 2.45) is 0 Å². The molecule has 2 aromatic rings. The topological polar surface area (TPSA) is 97.8 Å². The van der Waals surface area contributed by atoms with E-state index < -0.39 is 12.1 Å². The second-order valence-corrected chi connectivity index (χ2v) is 6.00. The van der Waals surface area contributed by atoms with Crippen molar-refractivity contribution in [3.8, 4) is 16.3 Å². The second-order valence-electron chi connectivity index (χ2n) is 5.14. The van der Waals surface area contributed by atoms with E-state index in [2.05, 4.69) is 10.3 Å². The van der Waals surface area contributed by atoms with Crippen LogP contribution in [0.4, 0.5) is 0 Å². The Morgan fingerprint density at radius 2 is 2.04 bits per heavy atom. The van der Waals surface area contributed by atoms with Crippen molar-refractivity contribution >= 4 is 23.2 Å². The number of nitrogens with one attached hydrogen (secondary N) is 1. The molecule has 0 fully saturated rings. The SMILES string of the molecule is CCOc1ccc(-c2nc(CC(=O)NCC(OC)C(=O)O)cs2)cc1. The standard InChI is InChI=1S/C17H20N2O5S/c1-3-24-13-6-4-11(5-7-13)16-19-12(10-25-16)8-15(20)18-9-14(23-2)17(21)22/h4-7,10,14H,3,8-9H2,1-2H3,(H,18,20)(H,21,22). The van der Waals surface area contributed by atoms with Gasteiger partial charge in [-0.15, -0.1) is 11.3 Å². The summed E-state index contributed by atoms with van der Waals surface area (Å²) in [5, 5.41) is 14.0. The number of carbonyl (C=O) groups is 2. The van der Waals surface area contributed by atoms with Gasteiger partial charge in [0, 0.05) is 18.1 Å². The van der Waals surface area contributed by atoms with Crippen molar-refractivity contribution in [3.05, 3.63) is 35.3 Å². The number of methoxy groups -OCH3 is 1. The Morgan fingerprint density at radius 3 is 2.64 bits per heavy atom. The normalized spacial score (nSPS) is 11.8. The highest BCUT2D eigenvalue weighted by Gasteiger charge is 2.17. The lowest BCUT2D eigenvalue weighted by atomic mass is 10.2. The summed E-state index contributed by atoms with van der Waals surface area (Å²) >= 11 is 1.45. The molecule has 1 amide bonds. The molecule has 7 nitrogen and oxygen atoms in total. The lowest BCUT2D eigenvalue weighted by molar-refractivity contribution is -0.148. The average molecular weight is 364 g/mol. The summed E-state index contributed by atoms with van der Waals surface area (Å²) in [6, 6.07) is 7.60. The first kappa shape index (κ1) is 18.9. The minimum Gasteiger partial charge on any atom is -0.494 e. The zero-order valence-corrected chi connectivity index (χ0v) is 14.8. The first-order valence-corrected chi connectivity index (χ1v) is 8.61. The van der Waals surface area contributed by atoms with E-state index in [9.17, 15) is 9.59 Å². The summed E-state index contributed by atoms with van der Waals surface area (Å²) in [5.74, 6) is -0.616. The quantitative estimate of drug-likeness (QED) is 0.706. The largest absolute Gasteiger partial charge is 0.494 e. The minimum absolute atomic E-state index is 0.0828. The van der Waals surface area contributed by atoms with Gasteiger partial charge >= 0.3 is 5.97 Å². The number of aliphatic carboxylic acids is 1. The van der Waals surface area contributed by atoms with Crippen LogP contribution < -0.4 is 10.1 Å². The number of nitrogens with zero attached hydrogens (tertiary/aromatic N) is 1. The summed E-state index contributed by atoms with van der Waals surface area (Å²) < 4.78 is 10.2. The van der Waals surface area contributed by atoms with E-state index in [-0.39, 0.29) is 18.9 Å². The molecule has 8 heteroatoms. The van der Waals surface area contributed by atoms with Gasteiger partial charge in [0.15, 0.2) is 6.10 Å². The predicted octanol–water partition coefficient (Wildman–Crippen LogP) is 1.97. The molecule has 0 bridgehead atoms. The number of hydrogen-bond acceptors (Lipinski definition) is 6. The molecule has 1 heterocycles. The van der Waals surface area contributed by atoms with Crippen molar-refractivity contribution in [2.45, 2.75) is 19.4 Å². The average Bonchev–Trinajstić information content (AvgIpc) is 3.04. The fourth-order valence-corrected chi connectivity index (χ4v) is 2.91. The molecule has 0 spiro atoms. The third kappa shape index (κ3) is 5.54. The number of aromatic nitrogens is 1. The number of hydrogen-bond donors (Lipinski definition) is 2. The van der Waals surface area contributed by atoms with Gasteiger partial charge in [0.2, 0.25) is 5.91 Å². The molecule has 0 saturated carbocycles. The van der Waals surface area contributed by atoms with Crippen molar-refractivity contribution in [1.82, 2.24) is 10.3 Å². The summed E-state index contributed by atoms with van der Waals surface area (Å²) in [6.07, 6.45) is -0.970. The molecule has 134 valence electrons. The van der Waals surface area contributed by atoms with Gasteiger partial charge in [0.25, 0.3) is 0 Å². The number of thiazole rings is 1. The Bertz CT molecular complexity index is 714. The third-order valence-corrected chi connectivity index (χ3v) is 4.29. The molecule has 0 saturated heterocycles. The first-order valence-electron chi connectivity index (χ1n) is 7.73. The summed E-state index contributed by atoms with van der Waals surface area (Å²) in [5.41, 5.74) is 1.58.